The molecule has 0 spiro atoms. The zero-order valence-corrected chi connectivity index (χ0v) is 33.4. The summed E-state index contributed by atoms with van der Waals surface area (Å²) in [7, 11) is 0. The summed E-state index contributed by atoms with van der Waals surface area (Å²) in [6, 6.07) is 74.6. The van der Waals surface area contributed by atoms with Crippen molar-refractivity contribution in [2.45, 2.75) is 0 Å². The molecular weight excluding hydrogens is 751 g/mol. The Morgan fingerprint density at radius 1 is 0.271 bits per heavy atom. The molecule has 1 nitrogen and oxygen atoms in total. The van der Waals surface area contributed by atoms with E-state index in [0.717, 1.165) is 5.69 Å². The second-order valence-corrected chi connectivity index (χ2v) is 17.8. The normalized spacial score (nSPS) is 12.1. The van der Waals surface area contributed by atoms with Gasteiger partial charge in [0.2, 0.25) is 0 Å². The van der Waals surface area contributed by atoms with E-state index in [1.54, 1.807) is 0 Å². The highest BCUT2D eigenvalue weighted by molar-refractivity contribution is 7.26. The summed E-state index contributed by atoms with van der Waals surface area (Å²) in [6.07, 6.45) is 0. The van der Waals surface area contributed by atoms with Crippen molar-refractivity contribution >= 4 is 106 Å². The first-order valence-corrected chi connectivity index (χ1v) is 21.8. The number of hydrogen-bond donors (Lipinski definition) is 0. The van der Waals surface area contributed by atoms with Crippen LogP contribution in [0.25, 0.3) is 123 Å². The maximum absolute atomic E-state index is 2.54. The molecule has 0 fully saturated rings. The maximum atomic E-state index is 2.54. The van der Waals surface area contributed by atoms with Gasteiger partial charge in [-0.2, -0.15) is 0 Å². The predicted molar refractivity (Wildman–Crippen MR) is 258 cm³/mol. The molecule has 0 unspecified atom stereocenters. The van der Waals surface area contributed by atoms with Crippen LogP contribution in [-0.2, 0) is 0 Å². The van der Waals surface area contributed by atoms with Crippen LogP contribution in [-0.4, -0.2) is 4.57 Å². The molecule has 0 amide bonds. The molecule has 3 heterocycles. The molecule has 13 rings (SSSR count). The Kier molecular flexibility index (Phi) is 7.12. The standard InChI is InChI=1S/C56H33NS2/c1-2-12-39-35(11-1)31-50(43-14-4-3-13-42(39)43)34-23-27-38(28-24-34)57-55-40(36-25-29-46-44-15-5-7-21-51(44)58-53(46)32-36)17-9-19-48(55)49-20-10-18-41(56(49)57)37-26-30-47-45-16-6-8-22-52(45)59-54(47)33-37/h1-33H. The van der Waals surface area contributed by atoms with Crippen LogP contribution in [0.1, 0.15) is 0 Å². The van der Waals surface area contributed by atoms with Crippen molar-refractivity contribution < 1.29 is 0 Å². The molecule has 13 aromatic rings. The molecule has 0 bridgehead atoms. The van der Waals surface area contributed by atoms with Crippen molar-refractivity contribution in [2.75, 3.05) is 0 Å². The summed E-state index contributed by atoms with van der Waals surface area (Å²) in [5.74, 6) is 0. The van der Waals surface area contributed by atoms with Crippen LogP contribution in [0.15, 0.2) is 200 Å². The summed E-state index contributed by atoms with van der Waals surface area (Å²) in [5, 5.41) is 12.9. The van der Waals surface area contributed by atoms with E-state index in [2.05, 4.69) is 205 Å². The molecule has 0 saturated carbocycles. The number of benzene rings is 10. The SMILES string of the molecule is c1ccc2c(c1)cc(-c1ccc(-n3c4c(-c5ccc6c(c5)sc5ccccc56)cccc4c4cccc(-c5ccc6c(c5)sc5ccccc56)c43)cc1)c1ccccc12. The van der Waals surface area contributed by atoms with Gasteiger partial charge in [-0.05, 0) is 86.3 Å². The average Bonchev–Trinajstić information content (AvgIpc) is 3.98. The van der Waals surface area contributed by atoms with Gasteiger partial charge in [-0.3, -0.25) is 0 Å². The van der Waals surface area contributed by atoms with Crippen LogP contribution in [0.5, 0.6) is 0 Å². The molecule has 3 heteroatoms. The molecule has 0 aliphatic rings. The van der Waals surface area contributed by atoms with Crippen molar-refractivity contribution in [3.8, 4) is 39.1 Å². The van der Waals surface area contributed by atoms with Crippen LogP contribution >= 0.6 is 22.7 Å². The molecule has 274 valence electrons. The molecular formula is C56H33NS2. The van der Waals surface area contributed by atoms with Gasteiger partial charge >= 0.3 is 0 Å². The van der Waals surface area contributed by atoms with Crippen LogP contribution in [0.3, 0.4) is 0 Å². The number of hydrogen-bond acceptors (Lipinski definition) is 2. The van der Waals surface area contributed by atoms with E-state index in [4.69, 9.17) is 0 Å². The fraction of sp³-hybridized carbons (Fsp3) is 0. The van der Waals surface area contributed by atoms with E-state index in [-0.39, 0.29) is 0 Å². The first kappa shape index (κ1) is 33.0. The largest absolute Gasteiger partial charge is 0.308 e. The molecule has 0 N–H and O–H groups in total. The zero-order valence-electron chi connectivity index (χ0n) is 31.8. The first-order chi connectivity index (χ1) is 29.2. The van der Waals surface area contributed by atoms with Crippen molar-refractivity contribution in [1.29, 1.82) is 0 Å². The van der Waals surface area contributed by atoms with Crippen molar-refractivity contribution in [3.63, 3.8) is 0 Å². The van der Waals surface area contributed by atoms with E-state index in [9.17, 15) is 0 Å². The van der Waals surface area contributed by atoms with Crippen molar-refractivity contribution in [1.82, 2.24) is 4.57 Å². The maximum Gasteiger partial charge on any atom is 0.0619 e. The lowest BCUT2D eigenvalue weighted by Crippen LogP contribution is -1.97. The number of rotatable bonds is 4. The summed E-state index contributed by atoms with van der Waals surface area (Å²) < 4.78 is 7.82. The predicted octanol–water partition coefficient (Wildman–Crippen LogP) is 16.8. The Morgan fingerprint density at radius 2 is 0.729 bits per heavy atom. The fourth-order valence-electron chi connectivity index (χ4n) is 9.71. The summed E-state index contributed by atoms with van der Waals surface area (Å²) in [6.45, 7) is 0. The summed E-state index contributed by atoms with van der Waals surface area (Å²) in [5.41, 5.74) is 11.0. The van der Waals surface area contributed by atoms with Gasteiger partial charge in [0.15, 0.2) is 0 Å². The smallest absolute Gasteiger partial charge is 0.0619 e. The van der Waals surface area contributed by atoms with Crippen molar-refractivity contribution in [2.24, 2.45) is 0 Å². The third-order valence-corrected chi connectivity index (χ3v) is 14.7. The third kappa shape index (κ3) is 4.96. The van der Waals surface area contributed by atoms with Crippen LogP contribution in [0, 0.1) is 0 Å². The third-order valence-electron chi connectivity index (χ3n) is 12.4. The highest BCUT2D eigenvalue weighted by Crippen LogP contribution is 2.45. The second kappa shape index (κ2) is 12.7. The molecule has 10 aromatic carbocycles. The Balaban J connectivity index is 1.07. The van der Waals surface area contributed by atoms with Gasteiger partial charge in [-0.15, -0.1) is 22.7 Å². The lowest BCUT2D eigenvalue weighted by atomic mass is 9.93. The van der Waals surface area contributed by atoms with Gasteiger partial charge in [0.1, 0.15) is 0 Å². The molecule has 0 saturated heterocycles. The van der Waals surface area contributed by atoms with Gasteiger partial charge in [-0.1, -0.05) is 158 Å². The molecule has 0 aliphatic heterocycles. The molecule has 3 aromatic heterocycles. The number of para-hydroxylation sites is 2. The van der Waals surface area contributed by atoms with E-state index in [1.807, 2.05) is 22.7 Å². The first-order valence-electron chi connectivity index (χ1n) is 20.2. The molecule has 0 aliphatic carbocycles. The van der Waals surface area contributed by atoms with Crippen LogP contribution in [0.2, 0.25) is 0 Å². The van der Waals surface area contributed by atoms with E-state index in [0.29, 0.717) is 0 Å². The van der Waals surface area contributed by atoms with Gasteiger partial charge in [-0.25, -0.2) is 0 Å². The minimum absolute atomic E-state index is 1.14. The highest BCUT2D eigenvalue weighted by atomic mass is 32.1. The van der Waals surface area contributed by atoms with Crippen molar-refractivity contribution in [3.05, 3.63) is 200 Å². The zero-order chi connectivity index (χ0) is 38.6. The number of fused-ring (bicyclic) bond motifs is 12. The van der Waals surface area contributed by atoms with Crippen LogP contribution in [0.4, 0.5) is 0 Å². The topological polar surface area (TPSA) is 4.93 Å². The average molecular weight is 784 g/mol. The van der Waals surface area contributed by atoms with Gasteiger partial charge < -0.3 is 4.57 Å². The Labute approximate surface area is 348 Å². The Hall–Kier alpha value is -7.04. The number of nitrogens with zero attached hydrogens (tertiary/aromatic N) is 1. The second-order valence-electron chi connectivity index (χ2n) is 15.6. The van der Waals surface area contributed by atoms with E-state index in [1.165, 1.54) is 117 Å². The van der Waals surface area contributed by atoms with E-state index >= 15 is 0 Å². The van der Waals surface area contributed by atoms with Gasteiger partial charge in [0.25, 0.3) is 0 Å². The monoisotopic (exact) mass is 783 g/mol. The quantitative estimate of drug-likeness (QED) is 0.157. The minimum atomic E-state index is 1.14. The summed E-state index contributed by atoms with van der Waals surface area (Å²) >= 11 is 3.76. The minimum Gasteiger partial charge on any atom is -0.308 e. The number of thiophene rings is 2. The number of aromatic nitrogens is 1. The highest BCUT2D eigenvalue weighted by Gasteiger charge is 2.21. The summed E-state index contributed by atoms with van der Waals surface area (Å²) in [4.78, 5) is 0. The molecule has 0 atom stereocenters. The van der Waals surface area contributed by atoms with Gasteiger partial charge in [0, 0.05) is 67.9 Å². The fourth-order valence-corrected chi connectivity index (χ4v) is 12.0. The lowest BCUT2D eigenvalue weighted by molar-refractivity contribution is 1.18. The lowest BCUT2D eigenvalue weighted by Gasteiger charge is -2.15. The molecule has 59 heavy (non-hydrogen) atoms. The Morgan fingerprint density at radius 3 is 1.32 bits per heavy atom. The van der Waals surface area contributed by atoms with Gasteiger partial charge in [0.05, 0.1) is 11.0 Å². The van der Waals surface area contributed by atoms with Crippen LogP contribution < -0.4 is 0 Å². The molecule has 0 radical (unpaired) electrons. The Bertz CT molecular complexity index is 3670. The van der Waals surface area contributed by atoms with E-state index < -0.39 is 0 Å².